The quantitative estimate of drug-likeness (QED) is 0.220. The van der Waals surface area contributed by atoms with E-state index in [1.807, 2.05) is 6.92 Å². The predicted octanol–water partition coefficient (Wildman–Crippen LogP) is 1.55. The Kier molecular flexibility index (Phi) is 13.7. The molecule has 1 amide bonds. The van der Waals surface area contributed by atoms with Gasteiger partial charge >= 0.3 is 0 Å². The van der Waals surface area contributed by atoms with Crippen molar-refractivity contribution in [1.82, 2.24) is 20.4 Å². The number of morpholine rings is 1. The fourth-order valence-corrected chi connectivity index (χ4v) is 2.76. The minimum absolute atomic E-state index is 0. The maximum atomic E-state index is 11.8. The Balaban J connectivity index is 0.00000676. The van der Waals surface area contributed by atoms with Gasteiger partial charge in [0, 0.05) is 46.3 Å². The molecule has 0 spiro atoms. The molecule has 1 heterocycles. The second-order valence-corrected chi connectivity index (χ2v) is 7.58. The first kappa shape index (κ1) is 26.1. The number of amides is 1. The summed E-state index contributed by atoms with van der Waals surface area (Å²) in [5.41, 5.74) is 1.02. The molecule has 8 heteroatoms. The number of likely N-dealkylation sites (N-methyl/N-ethyl adjacent to an activating group) is 1. The molecule has 1 aliphatic rings. The monoisotopic (exact) mass is 495 g/mol. The van der Waals surface area contributed by atoms with Crippen LogP contribution in [0.5, 0.6) is 0 Å². The van der Waals surface area contributed by atoms with E-state index in [4.69, 9.17) is 4.74 Å². The molecule has 0 saturated carbocycles. The van der Waals surface area contributed by atoms with Gasteiger partial charge in [0.05, 0.1) is 13.2 Å². The van der Waals surface area contributed by atoms with Crippen LogP contribution >= 0.6 is 24.0 Å². The molecule has 1 unspecified atom stereocenters. The number of ether oxygens (including phenoxy) is 1. The smallest absolute Gasteiger partial charge is 0.243 e. The van der Waals surface area contributed by atoms with Crippen LogP contribution in [-0.4, -0.2) is 87.7 Å². The van der Waals surface area contributed by atoms with Crippen molar-refractivity contribution in [1.29, 1.82) is 0 Å². The lowest BCUT2D eigenvalue weighted by Crippen LogP contribution is -2.51. The van der Waals surface area contributed by atoms with E-state index in [-0.39, 0.29) is 36.4 Å². The Morgan fingerprint density at radius 1 is 1.26 bits per heavy atom. The van der Waals surface area contributed by atoms with Crippen molar-refractivity contribution in [2.24, 2.45) is 10.9 Å². The fourth-order valence-electron chi connectivity index (χ4n) is 2.76. The molecular weight excluding hydrogens is 457 g/mol. The van der Waals surface area contributed by atoms with Crippen molar-refractivity contribution in [3.8, 4) is 0 Å². The summed E-state index contributed by atoms with van der Waals surface area (Å²) in [5, 5.41) is 6.67. The van der Waals surface area contributed by atoms with Crippen LogP contribution in [0.15, 0.2) is 17.1 Å². The van der Waals surface area contributed by atoms with Gasteiger partial charge in [-0.1, -0.05) is 26.0 Å². The second kappa shape index (κ2) is 14.2. The van der Waals surface area contributed by atoms with E-state index >= 15 is 0 Å². The highest BCUT2D eigenvalue weighted by Crippen LogP contribution is 2.13. The zero-order chi connectivity index (χ0) is 19.5. The zero-order valence-electron chi connectivity index (χ0n) is 17.6. The Morgan fingerprint density at radius 2 is 1.89 bits per heavy atom. The minimum Gasteiger partial charge on any atom is -0.379 e. The number of nitrogens with one attached hydrogen (secondary N) is 2. The van der Waals surface area contributed by atoms with Gasteiger partial charge < -0.3 is 20.3 Å². The third-order valence-corrected chi connectivity index (χ3v) is 4.24. The SMILES string of the molecule is C=C(C)CNC(=NCC(=O)N(C)C)NCC(CC(C)C)N1CCOCC1.I. The maximum Gasteiger partial charge on any atom is 0.243 e. The first-order chi connectivity index (χ1) is 12.3. The van der Waals surface area contributed by atoms with E-state index in [0.29, 0.717) is 24.5 Å². The average molecular weight is 495 g/mol. The first-order valence-electron chi connectivity index (χ1n) is 9.48. The molecule has 2 N–H and O–H groups in total. The molecule has 1 rings (SSSR count). The minimum atomic E-state index is -0.0201. The van der Waals surface area contributed by atoms with Crippen molar-refractivity contribution in [2.45, 2.75) is 33.2 Å². The van der Waals surface area contributed by atoms with E-state index in [9.17, 15) is 4.79 Å². The topological polar surface area (TPSA) is 69.2 Å². The number of hydrogen-bond donors (Lipinski definition) is 2. The summed E-state index contributed by atoms with van der Waals surface area (Å²) >= 11 is 0. The van der Waals surface area contributed by atoms with Crippen molar-refractivity contribution >= 4 is 35.8 Å². The van der Waals surface area contributed by atoms with E-state index < -0.39 is 0 Å². The zero-order valence-corrected chi connectivity index (χ0v) is 19.9. The molecule has 0 aromatic heterocycles. The highest BCUT2D eigenvalue weighted by atomic mass is 127. The number of hydrogen-bond acceptors (Lipinski definition) is 4. The first-order valence-corrected chi connectivity index (χ1v) is 9.48. The van der Waals surface area contributed by atoms with Crippen LogP contribution in [0.1, 0.15) is 27.2 Å². The molecule has 0 aliphatic carbocycles. The van der Waals surface area contributed by atoms with Crippen LogP contribution in [-0.2, 0) is 9.53 Å². The highest BCUT2D eigenvalue weighted by Gasteiger charge is 2.22. The molecule has 0 aromatic carbocycles. The molecule has 1 aliphatic heterocycles. The summed E-state index contributed by atoms with van der Waals surface area (Å²) < 4.78 is 5.48. The fraction of sp³-hybridized carbons (Fsp3) is 0.789. The van der Waals surface area contributed by atoms with Crippen molar-refractivity contribution in [3.05, 3.63) is 12.2 Å². The summed E-state index contributed by atoms with van der Waals surface area (Å²) in [6, 6.07) is 0.417. The van der Waals surface area contributed by atoms with E-state index in [0.717, 1.165) is 44.8 Å². The third-order valence-electron chi connectivity index (χ3n) is 4.24. The Labute approximate surface area is 182 Å². The molecule has 1 saturated heterocycles. The number of guanidine groups is 1. The lowest BCUT2D eigenvalue weighted by molar-refractivity contribution is -0.127. The molecular formula is C19H38IN5O2. The van der Waals surface area contributed by atoms with Gasteiger partial charge in [0.15, 0.2) is 5.96 Å². The molecule has 158 valence electrons. The Hall–Kier alpha value is -0.870. The van der Waals surface area contributed by atoms with Gasteiger partial charge in [-0.15, -0.1) is 24.0 Å². The molecule has 1 atom stereocenters. The Morgan fingerprint density at radius 3 is 2.41 bits per heavy atom. The van der Waals surface area contributed by atoms with Crippen LogP contribution in [0.3, 0.4) is 0 Å². The average Bonchev–Trinajstić information content (AvgIpc) is 2.59. The number of aliphatic imine (C=N–C) groups is 1. The van der Waals surface area contributed by atoms with Gasteiger partial charge in [0.1, 0.15) is 6.54 Å². The standard InChI is InChI=1S/C19H37N5O2.HI/c1-15(2)11-17(24-7-9-26-10-8-24)13-21-19(20-12-16(3)4)22-14-18(25)23(5)6;/h15,17H,3,7-14H2,1-2,4-6H3,(H2,20,21,22);1H. The second-order valence-electron chi connectivity index (χ2n) is 7.58. The van der Waals surface area contributed by atoms with Crippen molar-refractivity contribution in [2.75, 3.05) is 60.0 Å². The molecule has 0 radical (unpaired) electrons. The predicted molar refractivity (Wildman–Crippen MR) is 123 cm³/mol. The number of carbonyl (C=O) groups is 1. The molecule has 1 fully saturated rings. The molecule has 0 aromatic rings. The van der Waals surface area contributed by atoms with Crippen LogP contribution in [0, 0.1) is 5.92 Å². The van der Waals surface area contributed by atoms with Crippen LogP contribution < -0.4 is 10.6 Å². The normalized spacial score (nSPS) is 16.4. The summed E-state index contributed by atoms with van der Waals surface area (Å²) in [6.45, 7) is 15.4. The van der Waals surface area contributed by atoms with Gasteiger partial charge in [-0.2, -0.15) is 0 Å². The maximum absolute atomic E-state index is 11.8. The summed E-state index contributed by atoms with van der Waals surface area (Å²) in [5.74, 6) is 1.25. The van der Waals surface area contributed by atoms with E-state index in [2.05, 4.69) is 41.0 Å². The van der Waals surface area contributed by atoms with Crippen molar-refractivity contribution < 1.29 is 9.53 Å². The van der Waals surface area contributed by atoms with E-state index in [1.54, 1.807) is 19.0 Å². The number of nitrogens with zero attached hydrogens (tertiary/aromatic N) is 3. The molecule has 0 bridgehead atoms. The summed E-state index contributed by atoms with van der Waals surface area (Å²) in [6.07, 6.45) is 1.11. The summed E-state index contributed by atoms with van der Waals surface area (Å²) in [7, 11) is 3.48. The molecule has 27 heavy (non-hydrogen) atoms. The largest absolute Gasteiger partial charge is 0.379 e. The lowest BCUT2D eigenvalue weighted by atomic mass is 10.0. The number of halogens is 1. The van der Waals surface area contributed by atoms with Crippen LogP contribution in [0.4, 0.5) is 0 Å². The molecule has 7 nitrogen and oxygen atoms in total. The summed E-state index contributed by atoms with van der Waals surface area (Å²) in [4.78, 5) is 20.3. The lowest BCUT2D eigenvalue weighted by Gasteiger charge is -2.35. The van der Waals surface area contributed by atoms with Gasteiger partial charge in [0.25, 0.3) is 0 Å². The number of carbonyl (C=O) groups excluding carboxylic acids is 1. The van der Waals surface area contributed by atoms with Gasteiger partial charge in [-0.25, -0.2) is 4.99 Å². The van der Waals surface area contributed by atoms with Crippen molar-refractivity contribution in [3.63, 3.8) is 0 Å². The van der Waals surface area contributed by atoms with Crippen LogP contribution in [0.25, 0.3) is 0 Å². The highest BCUT2D eigenvalue weighted by molar-refractivity contribution is 14.0. The Bertz CT molecular complexity index is 477. The number of rotatable bonds is 9. The van der Waals surface area contributed by atoms with Gasteiger partial charge in [-0.3, -0.25) is 9.69 Å². The third kappa shape index (κ3) is 11.5. The van der Waals surface area contributed by atoms with Gasteiger partial charge in [0.2, 0.25) is 5.91 Å². The van der Waals surface area contributed by atoms with E-state index in [1.165, 1.54) is 0 Å². The van der Waals surface area contributed by atoms with Gasteiger partial charge in [-0.05, 0) is 19.3 Å². The van der Waals surface area contributed by atoms with Crippen LogP contribution in [0.2, 0.25) is 0 Å².